The summed E-state index contributed by atoms with van der Waals surface area (Å²) in [5.74, 6) is 0.819. The number of benzene rings is 2. The summed E-state index contributed by atoms with van der Waals surface area (Å²) in [7, 11) is 1.72. The molecule has 162 valence electrons. The van der Waals surface area contributed by atoms with E-state index in [9.17, 15) is 4.79 Å². The number of nitrogens with zero attached hydrogens (tertiary/aromatic N) is 1. The average molecular weight is 411 g/mol. The predicted molar refractivity (Wildman–Crippen MR) is 119 cm³/mol. The van der Waals surface area contributed by atoms with E-state index >= 15 is 0 Å². The van der Waals surface area contributed by atoms with Crippen molar-refractivity contribution in [2.75, 3.05) is 26.8 Å². The van der Waals surface area contributed by atoms with Crippen molar-refractivity contribution < 1.29 is 14.3 Å². The third kappa shape index (κ3) is 6.07. The van der Waals surface area contributed by atoms with Crippen molar-refractivity contribution in [1.82, 2.24) is 10.2 Å². The van der Waals surface area contributed by atoms with Crippen LogP contribution in [0.4, 0.5) is 0 Å². The van der Waals surface area contributed by atoms with Crippen LogP contribution >= 0.6 is 0 Å². The molecule has 1 heterocycles. The van der Waals surface area contributed by atoms with Gasteiger partial charge >= 0.3 is 5.97 Å². The lowest BCUT2D eigenvalue weighted by molar-refractivity contribution is -0.143. The summed E-state index contributed by atoms with van der Waals surface area (Å²) >= 11 is 0. The number of rotatable bonds is 10. The molecular weight excluding hydrogens is 376 g/mol. The summed E-state index contributed by atoms with van der Waals surface area (Å²) in [6, 6.07) is 19.5. The lowest BCUT2D eigenvalue weighted by Gasteiger charge is -2.42. The van der Waals surface area contributed by atoms with Gasteiger partial charge in [-0.2, -0.15) is 0 Å². The standard InChI is InChI=1S/C25H34N2O3/c1-3-30-24(28)16-10-18-27-17-9-14-22(25(27)20-11-5-4-6-12-20)26-19-21-13-7-8-15-23(21)29-2/h4-8,11-13,15,22,25-26H,3,9-10,14,16-19H2,1-2H3/t22-,25-/m1/s1. The van der Waals surface area contributed by atoms with Gasteiger partial charge in [-0.3, -0.25) is 9.69 Å². The Morgan fingerprint density at radius 1 is 1.13 bits per heavy atom. The monoisotopic (exact) mass is 410 g/mol. The van der Waals surface area contributed by atoms with E-state index in [1.54, 1.807) is 7.11 Å². The molecule has 1 saturated heterocycles. The van der Waals surface area contributed by atoms with Crippen LogP contribution in [-0.4, -0.2) is 43.7 Å². The second kappa shape index (κ2) is 11.7. The van der Waals surface area contributed by atoms with Gasteiger partial charge in [-0.15, -0.1) is 0 Å². The summed E-state index contributed by atoms with van der Waals surface area (Å²) in [6.07, 6.45) is 3.57. The molecule has 2 aromatic carbocycles. The molecule has 0 unspecified atom stereocenters. The molecule has 2 atom stereocenters. The zero-order chi connectivity index (χ0) is 21.2. The first-order chi connectivity index (χ1) is 14.7. The molecule has 0 amide bonds. The number of hydrogen-bond donors (Lipinski definition) is 1. The lowest BCUT2D eigenvalue weighted by atomic mass is 9.89. The first-order valence-electron chi connectivity index (χ1n) is 11.0. The minimum Gasteiger partial charge on any atom is -0.496 e. The topological polar surface area (TPSA) is 50.8 Å². The van der Waals surface area contributed by atoms with Gasteiger partial charge < -0.3 is 14.8 Å². The van der Waals surface area contributed by atoms with Crippen LogP contribution < -0.4 is 10.1 Å². The van der Waals surface area contributed by atoms with Crippen LogP contribution in [0.25, 0.3) is 0 Å². The number of para-hydroxylation sites is 1. The number of methoxy groups -OCH3 is 1. The quantitative estimate of drug-likeness (QED) is 0.591. The number of ether oxygens (including phenoxy) is 2. The molecule has 5 nitrogen and oxygen atoms in total. The van der Waals surface area contributed by atoms with Gasteiger partial charge in [-0.25, -0.2) is 0 Å². The Bertz CT molecular complexity index is 781. The predicted octanol–water partition coefficient (Wildman–Crippen LogP) is 4.33. The minimum absolute atomic E-state index is 0.100. The van der Waals surface area contributed by atoms with Gasteiger partial charge in [0.05, 0.1) is 19.8 Å². The van der Waals surface area contributed by atoms with Gasteiger partial charge in [-0.05, 0) is 50.9 Å². The molecule has 1 N–H and O–H groups in total. The zero-order valence-electron chi connectivity index (χ0n) is 18.2. The van der Waals surface area contributed by atoms with Gasteiger partial charge in [0.15, 0.2) is 0 Å². The molecular formula is C25H34N2O3. The highest BCUT2D eigenvalue weighted by Crippen LogP contribution is 2.32. The molecule has 1 fully saturated rings. The van der Waals surface area contributed by atoms with Crippen LogP contribution in [0.1, 0.15) is 49.8 Å². The van der Waals surface area contributed by atoms with Crippen LogP contribution in [0.5, 0.6) is 5.75 Å². The molecule has 0 saturated carbocycles. The number of carbonyl (C=O) groups excluding carboxylic acids is 1. The minimum atomic E-state index is -0.100. The molecule has 2 aromatic rings. The van der Waals surface area contributed by atoms with Crippen LogP contribution in [0.15, 0.2) is 54.6 Å². The van der Waals surface area contributed by atoms with Gasteiger partial charge in [-0.1, -0.05) is 48.5 Å². The third-order valence-electron chi connectivity index (χ3n) is 5.75. The maximum Gasteiger partial charge on any atom is 0.305 e. The Morgan fingerprint density at radius 3 is 2.67 bits per heavy atom. The molecule has 0 aliphatic carbocycles. The lowest BCUT2D eigenvalue weighted by Crippen LogP contribution is -2.48. The summed E-state index contributed by atoms with van der Waals surface area (Å²) in [4.78, 5) is 14.3. The van der Waals surface area contributed by atoms with Crippen molar-refractivity contribution in [2.24, 2.45) is 0 Å². The highest BCUT2D eigenvalue weighted by atomic mass is 16.5. The number of nitrogens with one attached hydrogen (secondary N) is 1. The first-order valence-corrected chi connectivity index (χ1v) is 11.0. The zero-order valence-corrected chi connectivity index (χ0v) is 18.2. The van der Waals surface area contributed by atoms with E-state index in [0.29, 0.717) is 19.1 Å². The second-order valence-corrected chi connectivity index (χ2v) is 7.74. The maximum atomic E-state index is 11.8. The molecule has 5 heteroatoms. The first kappa shape index (κ1) is 22.3. The molecule has 0 aromatic heterocycles. The van der Waals surface area contributed by atoms with Gasteiger partial charge in [0.2, 0.25) is 0 Å². The van der Waals surface area contributed by atoms with Crippen molar-refractivity contribution >= 4 is 5.97 Å². The van der Waals surface area contributed by atoms with Gasteiger partial charge in [0.25, 0.3) is 0 Å². The summed E-state index contributed by atoms with van der Waals surface area (Å²) in [6.45, 7) is 5.02. The number of piperidine rings is 1. The van der Waals surface area contributed by atoms with E-state index < -0.39 is 0 Å². The fourth-order valence-electron chi connectivity index (χ4n) is 4.37. The molecule has 0 radical (unpaired) electrons. The van der Waals surface area contributed by atoms with E-state index in [2.05, 4.69) is 52.7 Å². The van der Waals surface area contributed by atoms with Gasteiger partial charge in [0, 0.05) is 24.6 Å². The second-order valence-electron chi connectivity index (χ2n) is 7.74. The number of likely N-dealkylation sites (tertiary alicyclic amines) is 1. The summed E-state index contributed by atoms with van der Waals surface area (Å²) in [5, 5.41) is 3.80. The normalized spacial score (nSPS) is 19.4. The van der Waals surface area contributed by atoms with Crippen molar-refractivity contribution in [3.8, 4) is 5.75 Å². The van der Waals surface area contributed by atoms with Crippen molar-refractivity contribution in [2.45, 2.75) is 51.2 Å². The van der Waals surface area contributed by atoms with E-state index in [0.717, 1.165) is 44.6 Å². The summed E-state index contributed by atoms with van der Waals surface area (Å²) in [5.41, 5.74) is 2.50. The highest BCUT2D eigenvalue weighted by Gasteiger charge is 2.32. The summed E-state index contributed by atoms with van der Waals surface area (Å²) < 4.78 is 10.6. The fraction of sp³-hybridized carbons (Fsp3) is 0.480. The smallest absolute Gasteiger partial charge is 0.305 e. The highest BCUT2D eigenvalue weighted by molar-refractivity contribution is 5.69. The molecule has 1 aliphatic rings. The van der Waals surface area contributed by atoms with E-state index in [-0.39, 0.29) is 12.0 Å². The molecule has 3 rings (SSSR count). The maximum absolute atomic E-state index is 11.8. The van der Waals surface area contributed by atoms with Crippen molar-refractivity contribution in [3.63, 3.8) is 0 Å². The van der Waals surface area contributed by atoms with Gasteiger partial charge in [0.1, 0.15) is 5.75 Å². The SMILES string of the molecule is CCOC(=O)CCCN1CCC[C@@H](NCc2ccccc2OC)[C@H]1c1ccccc1. The number of carbonyl (C=O) groups is 1. The fourth-order valence-corrected chi connectivity index (χ4v) is 4.37. The molecule has 1 aliphatic heterocycles. The van der Waals surface area contributed by atoms with Crippen molar-refractivity contribution in [1.29, 1.82) is 0 Å². The Labute approximate surface area is 180 Å². The van der Waals surface area contributed by atoms with Crippen LogP contribution in [-0.2, 0) is 16.1 Å². The largest absolute Gasteiger partial charge is 0.496 e. The number of hydrogen-bond acceptors (Lipinski definition) is 5. The van der Waals surface area contributed by atoms with Crippen molar-refractivity contribution in [3.05, 3.63) is 65.7 Å². The van der Waals surface area contributed by atoms with Crippen LogP contribution in [0.3, 0.4) is 0 Å². The van der Waals surface area contributed by atoms with E-state index in [4.69, 9.17) is 9.47 Å². The number of esters is 1. The van der Waals surface area contributed by atoms with Crippen LogP contribution in [0, 0.1) is 0 Å². The molecule has 0 bridgehead atoms. The Morgan fingerprint density at radius 2 is 1.90 bits per heavy atom. The Kier molecular flexibility index (Phi) is 8.72. The average Bonchev–Trinajstić information content (AvgIpc) is 2.78. The third-order valence-corrected chi connectivity index (χ3v) is 5.75. The Hall–Kier alpha value is -2.37. The van der Waals surface area contributed by atoms with E-state index in [1.807, 2.05) is 19.1 Å². The Balaban J connectivity index is 1.70. The molecule has 0 spiro atoms. The van der Waals surface area contributed by atoms with Crippen LogP contribution in [0.2, 0.25) is 0 Å². The molecule has 30 heavy (non-hydrogen) atoms. The van der Waals surface area contributed by atoms with E-state index in [1.165, 1.54) is 11.1 Å².